The van der Waals surface area contributed by atoms with Gasteiger partial charge in [-0.25, -0.2) is 8.42 Å². The first-order chi connectivity index (χ1) is 15.8. The molecule has 1 fully saturated rings. The minimum atomic E-state index is -4.02. The highest BCUT2D eigenvalue weighted by molar-refractivity contribution is 8.01. The number of amides is 1. The number of benzene rings is 1. The van der Waals surface area contributed by atoms with E-state index in [1.54, 1.807) is 36.0 Å². The number of carboxylic acids is 1. The summed E-state index contributed by atoms with van der Waals surface area (Å²) in [5.74, 6) is 0.00382. The van der Waals surface area contributed by atoms with Gasteiger partial charge in [0.1, 0.15) is 6.04 Å². The van der Waals surface area contributed by atoms with Crippen molar-refractivity contribution >= 4 is 45.0 Å². The molecule has 3 rings (SSSR count). The maximum atomic E-state index is 12.5. The van der Waals surface area contributed by atoms with Gasteiger partial charge in [-0.05, 0) is 74.7 Å². The lowest BCUT2D eigenvalue weighted by molar-refractivity contribution is -0.138. The average Bonchev–Trinajstić information content (AvgIpc) is 3.29. The second-order valence-corrected chi connectivity index (χ2v) is 12.0. The molecule has 0 unspecified atom stereocenters. The fourth-order valence-corrected chi connectivity index (χ4v) is 6.85. The van der Waals surface area contributed by atoms with E-state index in [0.29, 0.717) is 4.88 Å². The number of carboxylic acid groups (broad SMARTS) is 1. The first-order valence-electron chi connectivity index (χ1n) is 10.9. The van der Waals surface area contributed by atoms with Gasteiger partial charge in [-0.1, -0.05) is 18.2 Å². The summed E-state index contributed by atoms with van der Waals surface area (Å²) in [4.78, 5) is 24.4. The van der Waals surface area contributed by atoms with Crippen molar-refractivity contribution in [3.05, 3.63) is 47.3 Å². The number of sulfonamides is 1. The minimum Gasteiger partial charge on any atom is -0.480 e. The lowest BCUT2D eigenvalue weighted by Crippen LogP contribution is -2.48. The molecular formula is C22H29N3O5S3. The summed E-state index contributed by atoms with van der Waals surface area (Å²) in [5.41, 5.74) is 0. The SMILES string of the molecule is O=C(NC[C@H](NS(=O)(=O)c1ccccc1)C(=O)O)c1ccc(SCCCC2CCNCC2)s1. The predicted octanol–water partition coefficient (Wildman–Crippen LogP) is 2.78. The summed E-state index contributed by atoms with van der Waals surface area (Å²) in [6.45, 7) is 1.85. The van der Waals surface area contributed by atoms with Gasteiger partial charge >= 0.3 is 5.97 Å². The normalized spacial score (nSPS) is 15.8. The summed E-state index contributed by atoms with van der Waals surface area (Å²) in [5, 5.41) is 15.3. The lowest BCUT2D eigenvalue weighted by Gasteiger charge is -2.22. The van der Waals surface area contributed by atoms with Crippen molar-refractivity contribution in [2.24, 2.45) is 5.92 Å². The lowest BCUT2D eigenvalue weighted by atomic mass is 9.94. The second kappa shape index (κ2) is 12.5. The van der Waals surface area contributed by atoms with Gasteiger partial charge in [0.15, 0.2) is 0 Å². The van der Waals surface area contributed by atoms with Gasteiger partial charge in [0.2, 0.25) is 10.0 Å². The van der Waals surface area contributed by atoms with E-state index in [2.05, 4.69) is 15.4 Å². The zero-order valence-corrected chi connectivity index (χ0v) is 20.6. The van der Waals surface area contributed by atoms with Crippen LogP contribution in [0.1, 0.15) is 35.4 Å². The first kappa shape index (κ1) is 25.7. The average molecular weight is 512 g/mol. The number of hydrogen-bond donors (Lipinski definition) is 4. The van der Waals surface area contributed by atoms with E-state index in [-0.39, 0.29) is 11.4 Å². The van der Waals surface area contributed by atoms with Crippen molar-refractivity contribution in [3.63, 3.8) is 0 Å². The Bertz CT molecular complexity index is 1020. The molecule has 4 N–H and O–H groups in total. The number of hydrogen-bond acceptors (Lipinski definition) is 7. The number of rotatable bonds is 12. The van der Waals surface area contributed by atoms with Crippen molar-refractivity contribution in [2.45, 2.75) is 40.8 Å². The van der Waals surface area contributed by atoms with Crippen LogP contribution in [-0.4, -0.2) is 56.8 Å². The maximum absolute atomic E-state index is 12.5. The van der Waals surface area contributed by atoms with Crippen LogP contribution < -0.4 is 15.4 Å². The van der Waals surface area contributed by atoms with Crippen molar-refractivity contribution < 1.29 is 23.1 Å². The minimum absolute atomic E-state index is 0.0392. The van der Waals surface area contributed by atoms with E-state index in [1.807, 2.05) is 6.07 Å². The Kier molecular flexibility index (Phi) is 9.75. The Hall–Kier alpha value is -1.92. The van der Waals surface area contributed by atoms with Gasteiger partial charge in [-0.2, -0.15) is 4.72 Å². The van der Waals surface area contributed by atoms with Crippen LogP contribution in [0.3, 0.4) is 0 Å². The fourth-order valence-electron chi connectivity index (χ4n) is 3.55. The molecule has 1 aliphatic rings. The highest BCUT2D eigenvalue weighted by Crippen LogP contribution is 2.29. The highest BCUT2D eigenvalue weighted by atomic mass is 32.2. The van der Waals surface area contributed by atoms with Gasteiger partial charge < -0.3 is 15.7 Å². The Labute approximate surface area is 202 Å². The highest BCUT2D eigenvalue weighted by Gasteiger charge is 2.26. The molecule has 1 amide bonds. The standard InChI is InChI=1S/C22H29N3O5S3/c26-21(19-8-9-20(32-19)31-14-4-5-16-10-12-23-13-11-16)24-15-18(22(27)28)25-33(29,30)17-6-2-1-3-7-17/h1-3,6-9,16,18,23,25H,4-5,10-15H2,(H,24,26)(H,27,28)/t18-/m0/s1. The molecule has 0 saturated carbocycles. The van der Waals surface area contributed by atoms with Crippen LogP contribution in [0.4, 0.5) is 0 Å². The Balaban J connectivity index is 1.45. The van der Waals surface area contributed by atoms with Crippen molar-refractivity contribution in [2.75, 3.05) is 25.4 Å². The number of piperidine rings is 1. The molecule has 1 aliphatic heterocycles. The number of thioether (sulfide) groups is 1. The van der Waals surface area contributed by atoms with Crippen molar-refractivity contribution in [1.82, 2.24) is 15.4 Å². The van der Waals surface area contributed by atoms with Crippen LogP contribution in [0.15, 0.2) is 51.6 Å². The third-order valence-electron chi connectivity index (χ3n) is 5.38. The maximum Gasteiger partial charge on any atom is 0.323 e. The van der Waals surface area contributed by atoms with Crippen LogP contribution in [0, 0.1) is 5.92 Å². The molecule has 2 heterocycles. The third-order valence-corrected chi connectivity index (χ3v) is 9.26. The second-order valence-electron chi connectivity index (χ2n) is 7.84. The van der Waals surface area contributed by atoms with Crippen LogP contribution in [0.5, 0.6) is 0 Å². The monoisotopic (exact) mass is 511 g/mol. The molecule has 8 nitrogen and oxygen atoms in total. The molecule has 1 aromatic carbocycles. The molecule has 0 spiro atoms. The molecule has 0 aliphatic carbocycles. The molecule has 0 radical (unpaired) electrons. The molecule has 2 aromatic rings. The molecule has 180 valence electrons. The molecule has 33 heavy (non-hydrogen) atoms. The molecule has 1 saturated heterocycles. The summed E-state index contributed by atoms with van der Waals surface area (Å²) in [6, 6.07) is 9.62. The van der Waals surface area contributed by atoms with E-state index < -0.39 is 27.9 Å². The third kappa shape index (κ3) is 8.11. The smallest absolute Gasteiger partial charge is 0.323 e. The molecule has 11 heteroatoms. The molecule has 1 aromatic heterocycles. The van der Waals surface area contributed by atoms with E-state index in [9.17, 15) is 23.1 Å². The summed E-state index contributed by atoms with van der Waals surface area (Å²) < 4.78 is 28.0. The van der Waals surface area contributed by atoms with Gasteiger partial charge in [0, 0.05) is 6.54 Å². The number of nitrogens with one attached hydrogen (secondary N) is 3. The van der Waals surface area contributed by atoms with Crippen LogP contribution >= 0.6 is 23.1 Å². The topological polar surface area (TPSA) is 125 Å². The zero-order valence-electron chi connectivity index (χ0n) is 18.2. The molecule has 0 bridgehead atoms. The largest absolute Gasteiger partial charge is 0.480 e. The Morgan fingerprint density at radius 2 is 1.88 bits per heavy atom. The van der Waals surface area contributed by atoms with E-state index >= 15 is 0 Å². The zero-order chi connectivity index (χ0) is 23.7. The van der Waals surface area contributed by atoms with Crippen LogP contribution in [-0.2, 0) is 14.8 Å². The van der Waals surface area contributed by atoms with Crippen molar-refractivity contribution in [1.29, 1.82) is 0 Å². The van der Waals surface area contributed by atoms with Gasteiger partial charge in [-0.3, -0.25) is 9.59 Å². The van der Waals surface area contributed by atoms with E-state index in [4.69, 9.17) is 0 Å². The summed E-state index contributed by atoms with van der Waals surface area (Å²) >= 11 is 3.07. The van der Waals surface area contributed by atoms with Gasteiger partial charge in [-0.15, -0.1) is 23.1 Å². The van der Waals surface area contributed by atoms with Gasteiger partial charge in [0.25, 0.3) is 5.91 Å². The number of aliphatic carboxylic acids is 1. The summed E-state index contributed by atoms with van der Waals surface area (Å²) in [7, 11) is -4.02. The number of carbonyl (C=O) groups excluding carboxylic acids is 1. The Morgan fingerprint density at radius 1 is 1.15 bits per heavy atom. The predicted molar refractivity (Wildman–Crippen MR) is 130 cm³/mol. The number of carbonyl (C=O) groups is 2. The van der Waals surface area contributed by atoms with Crippen LogP contribution in [0.25, 0.3) is 0 Å². The van der Waals surface area contributed by atoms with Crippen LogP contribution in [0.2, 0.25) is 0 Å². The Morgan fingerprint density at radius 3 is 2.58 bits per heavy atom. The number of thiophene rings is 1. The molecule has 1 atom stereocenters. The first-order valence-corrected chi connectivity index (χ1v) is 14.2. The fraction of sp³-hybridized carbons (Fsp3) is 0.455. The van der Waals surface area contributed by atoms with Gasteiger partial charge in [0.05, 0.1) is 14.0 Å². The van der Waals surface area contributed by atoms with E-state index in [0.717, 1.165) is 35.4 Å². The summed E-state index contributed by atoms with van der Waals surface area (Å²) in [6.07, 6.45) is 4.85. The quantitative estimate of drug-likeness (QED) is 0.255. The van der Waals surface area contributed by atoms with E-state index in [1.165, 1.54) is 42.7 Å². The molecular weight excluding hydrogens is 482 g/mol. The van der Waals surface area contributed by atoms with Crippen molar-refractivity contribution in [3.8, 4) is 0 Å².